The fraction of sp³-hybridized carbons (Fsp3) is 0.457. The maximum atomic E-state index is 15.7. The van der Waals surface area contributed by atoms with Crippen molar-refractivity contribution in [2.24, 2.45) is 5.92 Å². The van der Waals surface area contributed by atoms with Gasteiger partial charge in [-0.25, -0.2) is 14.4 Å². The largest absolute Gasteiger partial charge is 0.357 e. The molecule has 3 N–H and O–H groups in total. The molecule has 1 saturated carbocycles. The van der Waals surface area contributed by atoms with E-state index in [0.717, 1.165) is 50.6 Å². The van der Waals surface area contributed by atoms with Gasteiger partial charge < -0.3 is 25.8 Å². The molecule has 3 amide bonds. The molecule has 6 rings (SSSR count). The van der Waals surface area contributed by atoms with E-state index >= 15 is 4.39 Å². The van der Waals surface area contributed by atoms with Gasteiger partial charge >= 0.3 is 0 Å². The highest BCUT2D eigenvalue weighted by molar-refractivity contribution is 6.01. The smallest absolute Gasteiger partial charge is 0.270 e. The molecule has 2 aliphatic rings. The predicted molar refractivity (Wildman–Crippen MR) is 183 cm³/mol. The number of carbonyl (C=O) groups excluding carboxylic acids is 3. The van der Waals surface area contributed by atoms with Crippen molar-refractivity contribution in [3.8, 4) is 0 Å². The van der Waals surface area contributed by atoms with E-state index in [-0.39, 0.29) is 23.9 Å². The van der Waals surface area contributed by atoms with Crippen LogP contribution in [-0.2, 0) is 22.6 Å². The maximum absolute atomic E-state index is 15.7. The fourth-order valence-electron chi connectivity index (χ4n) is 6.73. The Labute approximate surface area is 284 Å². The predicted octanol–water partition coefficient (Wildman–Crippen LogP) is 3.49. The van der Waals surface area contributed by atoms with Gasteiger partial charge in [-0.1, -0.05) is 25.3 Å². The lowest BCUT2D eigenvalue weighted by Crippen LogP contribution is -2.52. The molecule has 13 nitrogen and oxygen atoms in total. The molecular formula is C35H43FN10O3. The second kappa shape index (κ2) is 15.5. The van der Waals surface area contributed by atoms with Crippen LogP contribution in [0.2, 0.25) is 0 Å². The summed E-state index contributed by atoms with van der Waals surface area (Å²) in [5.41, 5.74) is 1.58. The second-order valence-corrected chi connectivity index (χ2v) is 12.8. The lowest BCUT2D eigenvalue weighted by Gasteiger charge is -2.35. The van der Waals surface area contributed by atoms with E-state index < -0.39 is 29.7 Å². The Morgan fingerprint density at radius 2 is 1.80 bits per heavy atom. The van der Waals surface area contributed by atoms with Gasteiger partial charge in [0.2, 0.25) is 11.8 Å². The van der Waals surface area contributed by atoms with Crippen LogP contribution in [0.3, 0.4) is 0 Å². The van der Waals surface area contributed by atoms with Crippen molar-refractivity contribution in [2.75, 3.05) is 43.9 Å². The van der Waals surface area contributed by atoms with Crippen LogP contribution in [0.15, 0.2) is 55.2 Å². The van der Waals surface area contributed by atoms with Crippen LogP contribution in [0.25, 0.3) is 10.9 Å². The summed E-state index contributed by atoms with van der Waals surface area (Å²) in [5.74, 6) is -1.18. The number of nitrogens with zero attached hydrogens (tertiary/aromatic N) is 7. The van der Waals surface area contributed by atoms with Crippen molar-refractivity contribution in [1.82, 2.24) is 39.8 Å². The van der Waals surface area contributed by atoms with Crippen molar-refractivity contribution in [3.05, 3.63) is 72.3 Å². The SMILES string of the molecule is CCn1nccc1C(=O)NC(C(=O)Nc1ccc(C[C@@H](Nc2ncnc3cnccc23)C(=O)N2CCN(C)CC2)cc1F)C1CCCCC1. The van der Waals surface area contributed by atoms with E-state index in [1.165, 1.54) is 18.5 Å². The fourth-order valence-corrected chi connectivity index (χ4v) is 6.73. The molecule has 1 saturated heterocycles. The standard InChI is InChI=1S/C35H43FN10O3/c1-3-46-30(12-14-40-46)33(47)43-31(24-7-5-4-6-8-24)34(48)42-27-10-9-23(19-26(27)36)20-28(35(49)45-17-15-44(2)16-18-45)41-32-25-11-13-37-21-29(25)38-22-39-32/h9-14,19,21-22,24,28,31H,3-8,15-18,20H2,1-2H3,(H,42,48)(H,43,47)(H,38,39,41)/t28-,31?/m1/s1. The summed E-state index contributed by atoms with van der Waals surface area (Å²) in [6.45, 7) is 5.08. The van der Waals surface area contributed by atoms with Crippen LogP contribution < -0.4 is 16.0 Å². The molecular weight excluding hydrogens is 627 g/mol. The first-order valence-electron chi connectivity index (χ1n) is 17.0. The van der Waals surface area contributed by atoms with Crippen molar-refractivity contribution >= 4 is 40.1 Å². The van der Waals surface area contributed by atoms with E-state index in [9.17, 15) is 14.4 Å². The van der Waals surface area contributed by atoms with Gasteiger partial charge in [-0.15, -0.1) is 0 Å². The molecule has 14 heteroatoms. The zero-order valence-corrected chi connectivity index (χ0v) is 27.9. The number of amides is 3. The lowest BCUT2D eigenvalue weighted by molar-refractivity contribution is -0.133. The molecule has 2 fully saturated rings. The topological polar surface area (TPSA) is 150 Å². The summed E-state index contributed by atoms with van der Waals surface area (Å²) < 4.78 is 17.3. The van der Waals surface area contributed by atoms with E-state index in [1.54, 1.807) is 41.5 Å². The highest BCUT2D eigenvalue weighted by Crippen LogP contribution is 2.28. The Balaban J connectivity index is 1.20. The molecule has 0 spiro atoms. The number of benzene rings is 1. The van der Waals surface area contributed by atoms with E-state index in [2.05, 4.69) is 40.9 Å². The minimum absolute atomic E-state index is 0.00612. The average molecular weight is 671 g/mol. The molecule has 0 radical (unpaired) electrons. The number of likely N-dealkylation sites (N-methyl/N-ethyl adjacent to an activating group) is 1. The number of aryl methyl sites for hydroxylation is 1. The molecule has 1 aromatic carbocycles. The number of pyridine rings is 1. The van der Waals surface area contributed by atoms with Crippen LogP contribution in [0.4, 0.5) is 15.9 Å². The number of aromatic nitrogens is 5. The van der Waals surface area contributed by atoms with Crippen molar-refractivity contribution in [2.45, 2.75) is 64.1 Å². The third-order valence-corrected chi connectivity index (χ3v) is 9.53. The molecule has 2 atom stereocenters. The molecule has 1 aliphatic carbocycles. The third-order valence-electron chi connectivity index (χ3n) is 9.53. The monoisotopic (exact) mass is 670 g/mol. The van der Waals surface area contributed by atoms with E-state index in [0.29, 0.717) is 42.2 Å². The Morgan fingerprint density at radius 1 is 1.00 bits per heavy atom. The number of hydrogen-bond donors (Lipinski definition) is 3. The Kier molecular flexibility index (Phi) is 10.7. The number of anilines is 2. The average Bonchev–Trinajstić information content (AvgIpc) is 3.61. The number of halogens is 1. The van der Waals surface area contributed by atoms with Crippen molar-refractivity contribution < 1.29 is 18.8 Å². The van der Waals surface area contributed by atoms with E-state index in [1.807, 2.05) is 18.9 Å². The number of fused-ring (bicyclic) bond motifs is 1. The highest BCUT2D eigenvalue weighted by atomic mass is 19.1. The number of nitrogens with one attached hydrogen (secondary N) is 3. The maximum Gasteiger partial charge on any atom is 0.270 e. The zero-order valence-electron chi connectivity index (χ0n) is 27.9. The van der Waals surface area contributed by atoms with Gasteiger partial charge in [-0.05, 0) is 62.6 Å². The highest BCUT2D eigenvalue weighted by Gasteiger charge is 2.33. The van der Waals surface area contributed by atoms with Crippen molar-refractivity contribution in [1.29, 1.82) is 0 Å². The summed E-state index contributed by atoms with van der Waals surface area (Å²) in [6.07, 6.45) is 11.0. The van der Waals surface area contributed by atoms with Gasteiger partial charge in [0.05, 0.1) is 17.4 Å². The minimum atomic E-state index is -0.834. The summed E-state index contributed by atoms with van der Waals surface area (Å²) in [4.78, 5) is 57.6. The van der Waals surface area contributed by atoms with Crippen molar-refractivity contribution in [3.63, 3.8) is 0 Å². The van der Waals surface area contributed by atoms with Crippen LogP contribution >= 0.6 is 0 Å². The van der Waals surface area contributed by atoms with Crippen LogP contribution in [0.1, 0.15) is 55.1 Å². The van der Waals surface area contributed by atoms with Crippen LogP contribution in [-0.4, -0.2) is 97.6 Å². The zero-order chi connectivity index (χ0) is 34.3. The molecule has 258 valence electrons. The number of carbonyl (C=O) groups is 3. The van der Waals surface area contributed by atoms with Gasteiger partial charge in [-0.3, -0.25) is 24.0 Å². The third kappa shape index (κ3) is 8.02. The molecule has 4 heterocycles. The van der Waals surface area contributed by atoms with Gasteiger partial charge in [-0.2, -0.15) is 5.10 Å². The Morgan fingerprint density at radius 3 is 2.55 bits per heavy atom. The number of rotatable bonds is 11. The lowest BCUT2D eigenvalue weighted by atomic mass is 9.83. The quantitative estimate of drug-likeness (QED) is 0.218. The second-order valence-electron chi connectivity index (χ2n) is 12.8. The van der Waals surface area contributed by atoms with Gasteiger partial charge in [0.1, 0.15) is 35.7 Å². The summed E-state index contributed by atoms with van der Waals surface area (Å²) >= 11 is 0. The minimum Gasteiger partial charge on any atom is -0.357 e. The number of hydrogen-bond acceptors (Lipinski definition) is 9. The van der Waals surface area contributed by atoms with Gasteiger partial charge in [0.25, 0.3) is 5.91 Å². The normalized spacial score (nSPS) is 17.0. The Hall–Kier alpha value is -4.98. The van der Waals surface area contributed by atoms with E-state index in [4.69, 9.17) is 0 Å². The summed E-state index contributed by atoms with van der Waals surface area (Å²) in [5, 5.41) is 13.9. The van der Waals surface area contributed by atoms with Crippen LogP contribution in [0.5, 0.6) is 0 Å². The molecule has 49 heavy (non-hydrogen) atoms. The molecule has 3 aromatic heterocycles. The van der Waals surface area contributed by atoms with Gasteiger partial charge in [0.15, 0.2) is 0 Å². The molecule has 0 bridgehead atoms. The Bertz CT molecular complexity index is 1780. The first-order chi connectivity index (χ1) is 23.8. The molecule has 1 unspecified atom stereocenters. The first-order valence-corrected chi connectivity index (χ1v) is 17.0. The molecule has 4 aromatic rings. The molecule has 1 aliphatic heterocycles. The summed E-state index contributed by atoms with van der Waals surface area (Å²) in [6, 6.07) is 6.40. The summed E-state index contributed by atoms with van der Waals surface area (Å²) in [7, 11) is 2.02. The number of piperazine rings is 1. The van der Waals surface area contributed by atoms with Gasteiger partial charge in [0, 0.05) is 56.9 Å². The van der Waals surface area contributed by atoms with Crippen LogP contribution in [0, 0.1) is 11.7 Å². The first kappa shape index (κ1) is 33.9.